The van der Waals surface area contributed by atoms with Gasteiger partial charge >= 0.3 is 0 Å². The van der Waals surface area contributed by atoms with Gasteiger partial charge in [-0.25, -0.2) is 0 Å². The summed E-state index contributed by atoms with van der Waals surface area (Å²) < 4.78 is 0. The second kappa shape index (κ2) is 2.84. The SMILES string of the molecule is N=C1c2ccccc2CN1CC1CC1. The molecule has 0 saturated heterocycles. The van der Waals surface area contributed by atoms with E-state index in [9.17, 15) is 0 Å². The van der Waals surface area contributed by atoms with Gasteiger partial charge in [-0.3, -0.25) is 5.41 Å². The molecule has 0 amide bonds. The molecule has 0 aromatic heterocycles. The zero-order valence-corrected chi connectivity index (χ0v) is 8.16. The monoisotopic (exact) mass is 186 g/mol. The molecule has 2 nitrogen and oxygen atoms in total. The normalized spacial score (nSPS) is 20.0. The summed E-state index contributed by atoms with van der Waals surface area (Å²) in [5.74, 6) is 1.59. The van der Waals surface area contributed by atoms with Crippen molar-refractivity contribution in [3.05, 3.63) is 35.4 Å². The number of hydrogen-bond donors (Lipinski definition) is 1. The van der Waals surface area contributed by atoms with Gasteiger partial charge in [0.05, 0.1) is 0 Å². The lowest BCUT2D eigenvalue weighted by atomic mass is 10.1. The van der Waals surface area contributed by atoms with Crippen LogP contribution in [0.15, 0.2) is 24.3 Å². The van der Waals surface area contributed by atoms with Crippen LogP contribution in [0.5, 0.6) is 0 Å². The van der Waals surface area contributed by atoms with Gasteiger partial charge in [0.2, 0.25) is 0 Å². The van der Waals surface area contributed by atoms with Crippen molar-refractivity contribution in [2.45, 2.75) is 19.4 Å². The van der Waals surface area contributed by atoms with E-state index in [1.165, 1.54) is 18.4 Å². The standard InChI is InChI=1S/C12H14N2/c13-12-11-4-2-1-3-10(11)8-14(12)7-9-5-6-9/h1-4,9,13H,5-8H2. The molecule has 0 spiro atoms. The van der Waals surface area contributed by atoms with Crippen molar-refractivity contribution in [3.8, 4) is 0 Å². The van der Waals surface area contributed by atoms with Gasteiger partial charge in [0.15, 0.2) is 0 Å². The third-order valence-corrected chi connectivity index (χ3v) is 3.13. The van der Waals surface area contributed by atoms with Crippen LogP contribution in [0.25, 0.3) is 0 Å². The van der Waals surface area contributed by atoms with E-state index in [1.54, 1.807) is 0 Å². The summed E-state index contributed by atoms with van der Waals surface area (Å²) in [5, 5.41) is 8.03. The average molecular weight is 186 g/mol. The van der Waals surface area contributed by atoms with Gasteiger partial charge in [0.25, 0.3) is 0 Å². The summed E-state index contributed by atoms with van der Waals surface area (Å²) in [6, 6.07) is 8.28. The Morgan fingerprint density at radius 3 is 2.79 bits per heavy atom. The van der Waals surface area contributed by atoms with Gasteiger partial charge in [0.1, 0.15) is 5.84 Å². The van der Waals surface area contributed by atoms with E-state index in [4.69, 9.17) is 5.41 Å². The van der Waals surface area contributed by atoms with Crippen LogP contribution < -0.4 is 0 Å². The topological polar surface area (TPSA) is 27.1 Å². The average Bonchev–Trinajstić information content (AvgIpc) is 2.95. The Balaban J connectivity index is 1.85. The fourth-order valence-corrected chi connectivity index (χ4v) is 2.11. The number of rotatable bonds is 2. The summed E-state index contributed by atoms with van der Waals surface area (Å²) in [4.78, 5) is 2.21. The van der Waals surface area contributed by atoms with E-state index in [0.717, 1.165) is 30.4 Å². The van der Waals surface area contributed by atoms with Gasteiger partial charge in [-0.05, 0) is 24.3 Å². The molecule has 1 N–H and O–H groups in total. The van der Waals surface area contributed by atoms with E-state index >= 15 is 0 Å². The number of hydrogen-bond acceptors (Lipinski definition) is 1. The molecule has 1 heterocycles. The number of nitrogens with zero attached hydrogens (tertiary/aromatic N) is 1. The highest BCUT2D eigenvalue weighted by Gasteiger charge is 2.29. The van der Waals surface area contributed by atoms with Gasteiger partial charge < -0.3 is 4.90 Å². The Morgan fingerprint density at radius 2 is 2.07 bits per heavy atom. The van der Waals surface area contributed by atoms with Gasteiger partial charge in [-0.15, -0.1) is 0 Å². The lowest BCUT2D eigenvalue weighted by Gasteiger charge is -2.16. The molecule has 14 heavy (non-hydrogen) atoms. The molecule has 72 valence electrons. The maximum Gasteiger partial charge on any atom is 0.128 e. The molecule has 1 aromatic rings. The van der Waals surface area contributed by atoms with Crippen LogP contribution in [0.3, 0.4) is 0 Å². The fourth-order valence-electron chi connectivity index (χ4n) is 2.11. The second-order valence-electron chi connectivity index (χ2n) is 4.33. The summed E-state index contributed by atoms with van der Waals surface area (Å²) in [7, 11) is 0. The van der Waals surface area contributed by atoms with Crippen LogP contribution in [-0.2, 0) is 6.54 Å². The lowest BCUT2D eigenvalue weighted by molar-refractivity contribution is 0.407. The molecule has 2 aliphatic rings. The van der Waals surface area contributed by atoms with E-state index in [-0.39, 0.29) is 0 Å². The van der Waals surface area contributed by atoms with Crippen LogP contribution in [0, 0.1) is 11.3 Å². The van der Waals surface area contributed by atoms with Crippen molar-refractivity contribution in [2.75, 3.05) is 6.54 Å². The highest BCUT2D eigenvalue weighted by atomic mass is 15.2. The maximum absolute atomic E-state index is 8.03. The Labute approximate surface area is 84.1 Å². The van der Waals surface area contributed by atoms with Crippen LogP contribution in [0.1, 0.15) is 24.0 Å². The predicted molar refractivity (Wildman–Crippen MR) is 56.4 cm³/mol. The van der Waals surface area contributed by atoms with Gasteiger partial charge in [-0.2, -0.15) is 0 Å². The van der Waals surface area contributed by atoms with Crippen LogP contribution in [-0.4, -0.2) is 17.3 Å². The minimum Gasteiger partial charge on any atom is -0.352 e. The number of benzene rings is 1. The quantitative estimate of drug-likeness (QED) is 0.753. The smallest absolute Gasteiger partial charge is 0.128 e. The summed E-state index contributed by atoms with van der Waals surface area (Å²) in [6.07, 6.45) is 2.72. The first-order chi connectivity index (χ1) is 6.84. The molecule has 0 bridgehead atoms. The third-order valence-electron chi connectivity index (χ3n) is 3.13. The number of fused-ring (bicyclic) bond motifs is 1. The molecule has 1 aliphatic heterocycles. The largest absolute Gasteiger partial charge is 0.352 e. The molecular formula is C12H14N2. The fraction of sp³-hybridized carbons (Fsp3) is 0.417. The lowest BCUT2D eigenvalue weighted by Crippen LogP contribution is -2.26. The number of amidine groups is 1. The summed E-state index contributed by atoms with van der Waals surface area (Å²) in [5.41, 5.74) is 2.45. The Hall–Kier alpha value is -1.31. The van der Waals surface area contributed by atoms with Gasteiger partial charge in [-0.1, -0.05) is 24.3 Å². The van der Waals surface area contributed by atoms with Crippen LogP contribution in [0.2, 0.25) is 0 Å². The van der Waals surface area contributed by atoms with E-state index in [2.05, 4.69) is 23.1 Å². The van der Waals surface area contributed by atoms with Crippen LogP contribution in [0.4, 0.5) is 0 Å². The van der Waals surface area contributed by atoms with Crippen molar-refractivity contribution in [1.29, 1.82) is 5.41 Å². The Kier molecular flexibility index (Phi) is 1.63. The minimum atomic E-state index is 0.729. The number of nitrogens with one attached hydrogen (secondary N) is 1. The third kappa shape index (κ3) is 1.22. The molecular weight excluding hydrogens is 172 g/mol. The van der Waals surface area contributed by atoms with Crippen molar-refractivity contribution < 1.29 is 0 Å². The first-order valence-corrected chi connectivity index (χ1v) is 5.26. The van der Waals surface area contributed by atoms with Gasteiger partial charge in [0, 0.05) is 18.7 Å². The van der Waals surface area contributed by atoms with Crippen LogP contribution >= 0.6 is 0 Å². The second-order valence-corrected chi connectivity index (χ2v) is 4.33. The van der Waals surface area contributed by atoms with Crippen molar-refractivity contribution >= 4 is 5.84 Å². The minimum absolute atomic E-state index is 0.729. The maximum atomic E-state index is 8.03. The molecule has 0 atom stereocenters. The van der Waals surface area contributed by atoms with E-state index in [1.807, 2.05) is 6.07 Å². The molecule has 0 unspecified atom stereocenters. The van der Waals surface area contributed by atoms with E-state index in [0.29, 0.717) is 0 Å². The highest BCUT2D eigenvalue weighted by molar-refractivity contribution is 6.00. The van der Waals surface area contributed by atoms with Crippen molar-refractivity contribution in [2.24, 2.45) is 5.92 Å². The highest BCUT2D eigenvalue weighted by Crippen LogP contribution is 2.32. The Bertz CT molecular complexity index is 380. The molecule has 1 aromatic carbocycles. The molecule has 3 rings (SSSR count). The molecule has 1 aliphatic carbocycles. The first-order valence-electron chi connectivity index (χ1n) is 5.26. The zero-order chi connectivity index (χ0) is 9.54. The molecule has 2 heteroatoms. The first kappa shape index (κ1) is 8.04. The molecule has 1 saturated carbocycles. The predicted octanol–water partition coefficient (Wildman–Crippen LogP) is 2.24. The molecule has 1 fully saturated rings. The molecule has 0 radical (unpaired) electrons. The van der Waals surface area contributed by atoms with E-state index < -0.39 is 0 Å². The van der Waals surface area contributed by atoms with Crippen molar-refractivity contribution in [1.82, 2.24) is 4.90 Å². The summed E-state index contributed by atoms with van der Waals surface area (Å²) >= 11 is 0. The van der Waals surface area contributed by atoms with Crippen molar-refractivity contribution in [3.63, 3.8) is 0 Å². The summed E-state index contributed by atoms with van der Waals surface area (Å²) in [6.45, 7) is 2.04. The Morgan fingerprint density at radius 1 is 1.29 bits per heavy atom. The zero-order valence-electron chi connectivity index (χ0n) is 8.16.